The zero-order chi connectivity index (χ0) is 30.9. The topological polar surface area (TPSA) is 62.7 Å². The number of aromatic nitrogens is 1. The van der Waals surface area contributed by atoms with Crippen LogP contribution < -0.4 is 9.64 Å². The Morgan fingerprint density at radius 3 is 2.26 bits per heavy atom. The van der Waals surface area contributed by atoms with E-state index in [1.807, 2.05) is 4.90 Å². The number of para-hydroxylation sites is 1. The van der Waals surface area contributed by atoms with Gasteiger partial charge in [0.05, 0.1) is 22.7 Å². The first-order chi connectivity index (χ1) is 20.3. The molecule has 3 aromatic carbocycles. The minimum Gasteiger partial charge on any atom is -0.488 e. The lowest BCUT2D eigenvalue weighted by Crippen LogP contribution is -2.36. The standard InChI is InChI=1S/C31H26F6N2O3S/c1-18-15-21(19-7-9-23(10-8-19)30(32,33)34)5-6-22(18)16-42-27-24(3-2-4-25(27)31(35,36)37)26-17-43-29(38-26)39-13-11-20(12-14-39)28(40)41/h2-10,15,17,20H,11-14,16H2,1H3,(H,40,41). The Balaban J connectivity index is 1.38. The number of piperidine rings is 1. The molecule has 0 unspecified atom stereocenters. The third kappa shape index (κ3) is 6.79. The summed E-state index contributed by atoms with van der Waals surface area (Å²) in [5.41, 5.74) is 1.33. The number of thiazole rings is 1. The highest BCUT2D eigenvalue weighted by Crippen LogP contribution is 2.43. The molecule has 5 rings (SSSR count). The molecular weight excluding hydrogens is 594 g/mol. The number of hydrogen-bond acceptors (Lipinski definition) is 5. The molecule has 5 nitrogen and oxygen atoms in total. The Hall–Kier alpha value is -4.06. The molecule has 0 saturated carbocycles. The van der Waals surface area contributed by atoms with Crippen molar-refractivity contribution >= 4 is 22.4 Å². The SMILES string of the molecule is Cc1cc(-c2ccc(C(F)(F)F)cc2)ccc1COc1c(-c2csc(N3CCC(C(=O)O)CC3)n2)cccc1C(F)(F)F. The van der Waals surface area contributed by atoms with Crippen LogP contribution in [0.25, 0.3) is 22.4 Å². The van der Waals surface area contributed by atoms with E-state index in [4.69, 9.17) is 4.74 Å². The van der Waals surface area contributed by atoms with Crippen LogP contribution in [0.5, 0.6) is 5.75 Å². The Morgan fingerprint density at radius 2 is 1.65 bits per heavy atom. The number of aliphatic carboxylic acids is 1. The minimum absolute atomic E-state index is 0.178. The third-order valence-corrected chi connectivity index (χ3v) is 8.36. The first-order valence-corrected chi connectivity index (χ1v) is 14.2. The fourth-order valence-corrected chi connectivity index (χ4v) is 5.89. The predicted octanol–water partition coefficient (Wildman–Crippen LogP) is 8.70. The van der Waals surface area contributed by atoms with Gasteiger partial charge in [0.25, 0.3) is 0 Å². The van der Waals surface area contributed by atoms with Crippen LogP contribution in [0.2, 0.25) is 0 Å². The van der Waals surface area contributed by atoms with E-state index in [2.05, 4.69) is 4.98 Å². The summed E-state index contributed by atoms with van der Waals surface area (Å²) >= 11 is 1.27. The van der Waals surface area contributed by atoms with E-state index in [0.29, 0.717) is 59.0 Å². The molecule has 0 radical (unpaired) electrons. The number of anilines is 1. The Labute approximate surface area is 247 Å². The van der Waals surface area contributed by atoms with Crippen LogP contribution in [0.4, 0.5) is 31.5 Å². The number of hydrogen-bond donors (Lipinski definition) is 1. The second-order valence-corrected chi connectivity index (χ2v) is 11.1. The van der Waals surface area contributed by atoms with Gasteiger partial charge in [-0.3, -0.25) is 4.79 Å². The van der Waals surface area contributed by atoms with E-state index >= 15 is 0 Å². The number of carboxylic acid groups (broad SMARTS) is 1. The van der Waals surface area contributed by atoms with Crippen LogP contribution >= 0.6 is 11.3 Å². The molecule has 1 saturated heterocycles. The van der Waals surface area contributed by atoms with Gasteiger partial charge in [0.15, 0.2) is 5.13 Å². The molecule has 0 amide bonds. The highest BCUT2D eigenvalue weighted by molar-refractivity contribution is 7.14. The number of aryl methyl sites for hydroxylation is 1. The first kappa shape index (κ1) is 30.4. The first-order valence-electron chi connectivity index (χ1n) is 13.3. The van der Waals surface area contributed by atoms with Crippen molar-refractivity contribution in [3.05, 3.63) is 88.3 Å². The lowest BCUT2D eigenvalue weighted by molar-refractivity contribution is -0.142. The van der Waals surface area contributed by atoms with Gasteiger partial charge in [-0.15, -0.1) is 11.3 Å². The quantitative estimate of drug-likeness (QED) is 0.210. The van der Waals surface area contributed by atoms with Crippen molar-refractivity contribution in [2.45, 2.75) is 38.7 Å². The third-order valence-electron chi connectivity index (χ3n) is 7.46. The summed E-state index contributed by atoms with van der Waals surface area (Å²) in [4.78, 5) is 17.8. The molecule has 1 aromatic heterocycles. The van der Waals surface area contributed by atoms with Crippen LogP contribution in [0.1, 0.15) is 35.1 Å². The minimum atomic E-state index is -4.69. The maximum Gasteiger partial charge on any atom is 0.419 e. The molecule has 1 aliphatic rings. The second-order valence-electron chi connectivity index (χ2n) is 10.3. The van der Waals surface area contributed by atoms with Gasteiger partial charge in [-0.2, -0.15) is 26.3 Å². The van der Waals surface area contributed by atoms with Crippen LogP contribution in [0, 0.1) is 12.8 Å². The van der Waals surface area contributed by atoms with E-state index in [1.165, 1.54) is 35.6 Å². The highest BCUT2D eigenvalue weighted by Gasteiger charge is 2.36. The van der Waals surface area contributed by atoms with Gasteiger partial charge in [0.2, 0.25) is 0 Å². The van der Waals surface area contributed by atoms with Crippen molar-refractivity contribution in [1.29, 1.82) is 0 Å². The summed E-state index contributed by atoms with van der Waals surface area (Å²) in [5.74, 6) is -1.62. The molecule has 0 atom stereocenters. The van der Waals surface area contributed by atoms with Crippen LogP contribution in [0.15, 0.2) is 66.0 Å². The maximum absolute atomic E-state index is 14.1. The Morgan fingerprint density at radius 1 is 0.977 bits per heavy atom. The summed E-state index contributed by atoms with van der Waals surface area (Å²) in [6.07, 6.45) is -8.22. The van der Waals surface area contributed by atoms with Crippen molar-refractivity contribution < 1.29 is 41.0 Å². The number of carbonyl (C=O) groups is 1. The molecule has 0 bridgehead atoms. The van der Waals surface area contributed by atoms with E-state index in [1.54, 1.807) is 30.5 Å². The largest absolute Gasteiger partial charge is 0.488 e. The molecule has 226 valence electrons. The van der Waals surface area contributed by atoms with Gasteiger partial charge in [-0.05, 0) is 66.3 Å². The van der Waals surface area contributed by atoms with Crippen molar-refractivity contribution in [1.82, 2.24) is 4.98 Å². The molecule has 4 aromatic rings. The smallest absolute Gasteiger partial charge is 0.419 e. The van der Waals surface area contributed by atoms with Gasteiger partial charge >= 0.3 is 18.3 Å². The Bertz CT molecular complexity index is 1610. The average molecular weight is 621 g/mol. The van der Waals surface area contributed by atoms with Crippen molar-refractivity contribution in [3.8, 4) is 28.1 Å². The van der Waals surface area contributed by atoms with Crippen LogP contribution in [0.3, 0.4) is 0 Å². The summed E-state index contributed by atoms with van der Waals surface area (Å²) in [6, 6.07) is 13.6. The zero-order valence-corrected chi connectivity index (χ0v) is 23.6. The molecule has 2 heterocycles. The van der Waals surface area contributed by atoms with E-state index < -0.39 is 35.4 Å². The zero-order valence-electron chi connectivity index (χ0n) is 22.8. The summed E-state index contributed by atoms with van der Waals surface area (Å²) < 4.78 is 86.8. The molecule has 0 spiro atoms. The predicted molar refractivity (Wildman–Crippen MR) is 151 cm³/mol. The fourth-order valence-electron chi connectivity index (χ4n) is 5.01. The molecule has 0 aliphatic carbocycles. The number of benzene rings is 3. The number of rotatable bonds is 7. The second kappa shape index (κ2) is 11.9. The van der Waals surface area contributed by atoms with Crippen molar-refractivity contribution in [2.24, 2.45) is 5.92 Å². The molecule has 12 heteroatoms. The monoisotopic (exact) mass is 620 g/mol. The van der Waals surface area contributed by atoms with Crippen LogP contribution in [-0.2, 0) is 23.8 Å². The summed E-state index contributed by atoms with van der Waals surface area (Å²) in [5, 5.41) is 11.5. The van der Waals surface area contributed by atoms with Gasteiger partial charge < -0.3 is 14.7 Å². The van der Waals surface area contributed by atoms with Gasteiger partial charge in [-0.25, -0.2) is 4.98 Å². The number of halogens is 6. The normalized spacial score (nSPS) is 14.6. The van der Waals surface area contributed by atoms with E-state index in [0.717, 1.165) is 18.2 Å². The Kier molecular flexibility index (Phi) is 8.42. The molecule has 1 aliphatic heterocycles. The lowest BCUT2D eigenvalue weighted by Gasteiger charge is -2.29. The van der Waals surface area contributed by atoms with Gasteiger partial charge in [-0.1, -0.05) is 36.4 Å². The van der Waals surface area contributed by atoms with E-state index in [9.17, 15) is 36.2 Å². The fraction of sp³-hybridized carbons (Fsp3) is 0.290. The molecular formula is C31H26F6N2O3S. The summed E-state index contributed by atoms with van der Waals surface area (Å²) in [7, 11) is 0. The maximum atomic E-state index is 14.1. The van der Waals surface area contributed by atoms with Gasteiger partial charge in [0, 0.05) is 24.0 Å². The highest BCUT2D eigenvalue weighted by atomic mass is 32.1. The molecule has 1 N–H and O–H groups in total. The lowest BCUT2D eigenvalue weighted by atomic mass is 9.97. The number of nitrogens with zero attached hydrogens (tertiary/aromatic N) is 2. The van der Waals surface area contributed by atoms with E-state index in [-0.39, 0.29) is 17.9 Å². The van der Waals surface area contributed by atoms with Crippen molar-refractivity contribution in [3.63, 3.8) is 0 Å². The van der Waals surface area contributed by atoms with Crippen molar-refractivity contribution in [2.75, 3.05) is 18.0 Å². The van der Waals surface area contributed by atoms with Crippen LogP contribution in [-0.4, -0.2) is 29.1 Å². The molecule has 1 fully saturated rings. The number of carboxylic acids is 1. The molecule has 43 heavy (non-hydrogen) atoms. The number of ether oxygens (including phenoxy) is 1. The average Bonchev–Trinajstić information content (AvgIpc) is 3.46. The number of alkyl halides is 6. The van der Waals surface area contributed by atoms with Gasteiger partial charge in [0.1, 0.15) is 12.4 Å². The summed E-state index contributed by atoms with van der Waals surface area (Å²) in [6.45, 7) is 2.54.